The molecule has 0 spiro atoms. The molecule has 0 unspecified atom stereocenters. The number of aromatic nitrogens is 1. The number of benzene rings is 1. The summed E-state index contributed by atoms with van der Waals surface area (Å²) in [5, 5.41) is 14.5. The molecule has 0 saturated carbocycles. The summed E-state index contributed by atoms with van der Waals surface area (Å²) in [6.45, 7) is 5.25. The van der Waals surface area contributed by atoms with Crippen molar-refractivity contribution in [2.24, 2.45) is 0 Å². The molecule has 0 aliphatic carbocycles. The highest BCUT2D eigenvalue weighted by atomic mass is 16.4. The summed E-state index contributed by atoms with van der Waals surface area (Å²) in [7, 11) is 0. The van der Waals surface area contributed by atoms with Crippen LogP contribution < -0.4 is 10.6 Å². The van der Waals surface area contributed by atoms with Gasteiger partial charge in [-0.2, -0.15) is 0 Å². The number of aromatic amines is 1. The Morgan fingerprint density at radius 3 is 2.42 bits per heavy atom. The van der Waals surface area contributed by atoms with Gasteiger partial charge in [-0.1, -0.05) is 18.2 Å². The number of nitrogens with one attached hydrogen (secondary N) is 3. The Labute approximate surface area is 150 Å². The molecule has 0 aliphatic heterocycles. The average Bonchev–Trinajstić information content (AvgIpc) is 2.95. The van der Waals surface area contributed by atoms with Crippen molar-refractivity contribution in [1.82, 2.24) is 15.6 Å². The molecule has 1 atom stereocenters. The Kier molecular flexibility index (Phi) is 5.44. The van der Waals surface area contributed by atoms with Gasteiger partial charge in [0.05, 0.1) is 12.0 Å². The SMILES string of the molecule is CC(C)(C)NC(=O)C[C@H](NC(=O)C(=O)c1c[nH]c2ccccc12)C(=O)O. The molecule has 1 heterocycles. The number of carbonyl (C=O) groups is 4. The number of carboxylic acids is 1. The van der Waals surface area contributed by atoms with Crippen molar-refractivity contribution < 1.29 is 24.3 Å². The predicted octanol–water partition coefficient (Wildman–Crippen LogP) is 1.22. The van der Waals surface area contributed by atoms with Crippen LogP contribution in [0.2, 0.25) is 0 Å². The minimum atomic E-state index is -1.50. The maximum absolute atomic E-state index is 12.4. The zero-order valence-corrected chi connectivity index (χ0v) is 14.8. The van der Waals surface area contributed by atoms with Crippen LogP contribution in [0, 0.1) is 0 Å². The molecule has 0 saturated heterocycles. The van der Waals surface area contributed by atoms with Crippen LogP contribution in [0.4, 0.5) is 0 Å². The number of hydrogen-bond donors (Lipinski definition) is 4. The van der Waals surface area contributed by atoms with Crippen LogP contribution in [0.5, 0.6) is 0 Å². The van der Waals surface area contributed by atoms with Crippen molar-refractivity contribution in [3.8, 4) is 0 Å². The quantitative estimate of drug-likeness (QED) is 0.455. The number of ketones is 1. The summed E-state index contributed by atoms with van der Waals surface area (Å²) in [5.41, 5.74) is 0.286. The van der Waals surface area contributed by atoms with Crippen LogP contribution in [0.15, 0.2) is 30.5 Å². The number of carbonyl (C=O) groups excluding carboxylic acids is 3. The van der Waals surface area contributed by atoms with E-state index in [0.717, 1.165) is 0 Å². The van der Waals surface area contributed by atoms with Crippen LogP contribution >= 0.6 is 0 Å². The van der Waals surface area contributed by atoms with Gasteiger partial charge in [0.2, 0.25) is 5.91 Å². The third-order valence-corrected chi connectivity index (χ3v) is 3.55. The summed E-state index contributed by atoms with van der Waals surface area (Å²) in [4.78, 5) is 50.7. The van der Waals surface area contributed by atoms with Gasteiger partial charge < -0.3 is 20.7 Å². The van der Waals surface area contributed by atoms with E-state index in [1.165, 1.54) is 6.20 Å². The van der Waals surface area contributed by atoms with Crippen LogP contribution in [0.3, 0.4) is 0 Å². The Balaban J connectivity index is 2.11. The smallest absolute Gasteiger partial charge is 0.326 e. The third kappa shape index (κ3) is 4.69. The second-order valence-corrected chi connectivity index (χ2v) is 6.94. The van der Waals surface area contributed by atoms with Crippen LogP contribution in [-0.4, -0.2) is 45.2 Å². The van der Waals surface area contributed by atoms with E-state index in [0.29, 0.717) is 10.9 Å². The molecular weight excluding hydrogens is 338 g/mol. The minimum absolute atomic E-state index is 0.140. The minimum Gasteiger partial charge on any atom is -0.480 e. The molecular formula is C18H21N3O5. The van der Waals surface area contributed by atoms with Gasteiger partial charge in [-0.05, 0) is 26.8 Å². The molecule has 2 amide bonds. The normalized spacial score (nSPS) is 12.4. The molecule has 26 heavy (non-hydrogen) atoms. The van der Waals surface area contributed by atoms with Gasteiger partial charge in [0.25, 0.3) is 11.7 Å². The molecule has 4 N–H and O–H groups in total. The van der Waals surface area contributed by atoms with Crippen molar-refractivity contribution in [2.45, 2.75) is 38.8 Å². The lowest BCUT2D eigenvalue weighted by atomic mass is 10.1. The zero-order chi connectivity index (χ0) is 19.5. The molecule has 8 heteroatoms. The summed E-state index contributed by atoms with van der Waals surface area (Å²) in [6.07, 6.45) is 0.925. The first-order valence-corrected chi connectivity index (χ1v) is 8.03. The van der Waals surface area contributed by atoms with E-state index >= 15 is 0 Å². The van der Waals surface area contributed by atoms with Gasteiger partial charge in [-0.25, -0.2) is 4.79 Å². The third-order valence-electron chi connectivity index (χ3n) is 3.55. The molecule has 0 aliphatic rings. The fraction of sp³-hybridized carbons (Fsp3) is 0.333. The zero-order valence-electron chi connectivity index (χ0n) is 14.8. The number of H-pyrrole nitrogens is 1. The van der Waals surface area contributed by atoms with E-state index < -0.39 is 41.6 Å². The first-order chi connectivity index (χ1) is 12.1. The maximum Gasteiger partial charge on any atom is 0.326 e. The highest BCUT2D eigenvalue weighted by molar-refractivity contribution is 6.45. The van der Waals surface area contributed by atoms with Gasteiger partial charge >= 0.3 is 5.97 Å². The fourth-order valence-corrected chi connectivity index (χ4v) is 2.46. The molecule has 0 radical (unpaired) electrons. The van der Waals surface area contributed by atoms with E-state index in [1.54, 1.807) is 45.0 Å². The van der Waals surface area contributed by atoms with Crippen LogP contribution in [0.1, 0.15) is 37.6 Å². The number of aliphatic carboxylic acids is 1. The Morgan fingerprint density at radius 2 is 1.81 bits per heavy atom. The molecule has 2 aromatic rings. The molecule has 138 valence electrons. The molecule has 1 aromatic heterocycles. The van der Waals surface area contributed by atoms with Crippen molar-refractivity contribution in [3.05, 3.63) is 36.0 Å². The molecule has 2 rings (SSSR count). The van der Waals surface area contributed by atoms with Crippen molar-refractivity contribution >= 4 is 34.5 Å². The number of hydrogen-bond acceptors (Lipinski definition) is 4. The lowest BCUT2D eigenvalue weighted by molar-refractivity contribution is -0.143. The number of para-hydroxylation sites is 1. The van der Waals surface area contributed by atoms with Gasteiger partial charge in [0, 0.05) is 22.6 Å². The average molecular weight is 359 g/mol. The van der Waals surface area contributed by atoms with Crippen molar-refractivity contribution in [3.63, 3.8) is 0 Å². The number of rotatable bonds is 6. The number of Topliss-reactive ketones (excluding diaryl/α,β-unsaturated/α-hetero) is 1. The summed E-state index contributed by atoms with van der Waals surface area (Å²) >= 11 is 0. The van der Waals surface area contributed by atoms with Crippen molar-refractivity contribution in [2.75, 3.05) is 0 Å². The van der Waals surface area contributed by atoms with Crippen LogP contribution in [-0.2, 0) is 14.4 Å². The Bertz CT molecular complexity index is 863. The van der Waals surface area contributed by atoms with E-state index in [-0.39, 0.29) is 5.56 Å². The fourth-order valence-electron chi connectivity index (χ4n) is 2.46. The highest BCUT2D eigenvalue weighted by Crippen LogP contribution is 2.18. The first-order valence-electron chi connectivity index (χ1n) is 8.03. The van der Waals surface area contributed by atoms with Gasteiger partial charge in [-0.3, -0.25) is 14.4 Å². The van der Waals surface area contributed by atoms with E-state index in [9.17, 15) is 24.3 Å². The second-order valence-electron chi connectivity index (χ2n) is 6.94. The number of carboxylic acid groups (broad SMARTS) is 1. The summed E-state index contributed by atoms with van der Waals surface area (Å²) in [5.74, 6) is -3.88. The van der Waals surface area contributed by atoms with E-state index in [2.05, 4.69) is 15.6 Å². The molecule has 0 fully saturated rings. The van der Waals surface area contributed by atoms with Gasteiger partial charge in [0.1, 0.15) is 6.04 Å². The van der Waals surface area contributed by atoms with Crippen molar-refractivity contribution in [1.29, 1.82) is 0 Å². The Hall–Kier alpha value is -3.16. The Morgan fingerprint density at radius 1 is 1.15 bits per heavy atom. The lowest BCUT2D eigenvalue weighted by Crippen LogP contribution is -2.49. The van der Waals surface area contributed by atoms with E-state index in [4.69, 9.17) is 0 Å². The summed E-state index contributed by atoms with van der Waals surface area (Å²) < 4.78 is 0. The maximum atomic E-state index is 12.4. The number of amides is 2. The highest BCUT2D eigenvalue weighted by Gasteiger charge is 2.28. The summed E-state index contributed by atoms with van der Waals surface area (Å²) in [6, 6.07) is 5.43. The topological polar surface area (TPSA) is 128 Å². The largest absolute Gasteiger partial charge is 0.480 e. The number of fused-ring (bicyclic) bond motifs is 1. The second kappa shape index (κ2) is 7.38. The van der Waals surface area contributed by atoms with Gasteiger partial charge in [0.15, 0.2) is 0 Å². The lowest BCUT2D eigenvalue weighted by Gasteiger charge is -2.22. The molecule has 1 aromatic carbocycles. The standard InChI is InChI=1S/C18H21N3O5/c1-18(2,3)21-14(22)8-13(17(25)26)20-16(24)15(23)11-9-19-12-7-5-4-6-10(11)12/h4-7,9,13,19H,8H2,1-3H3,(H,20,24)(H,21,22)(H,25,26)/t13-/m0/s1. The predicted molar refractivity (Wildman–Crippen MR) is 94.7 cm³/mol. The monoisotopic (exact) mass is 359 g/mol. The van der Waals surface area contributed by atoms with Gasteiger partial charge in [-0.15, -0.1) is 0 Å². The van der Waals surface area contributed by atoms with Crippen LogP contribution in [0.25, 0.3) is 10.9 Å². The van der Waals surface area contributed by atoms with E-state index in [1.807, 2.05) is 0 Å². The first kappa shape index (κ1) is 19.2. The molecule has 8 nitrogen and oxygen atoms in total. The molecule has 0 bridgehead atoms.